The molecule has 0 aromatic heterocycles. The van der Waals surface area contributed by atoms with Crippen molar-refractivity contribution in [1.29, 1.82) is 0 Å². The van der Waals surface area contributed by atoms with Gasteiger partial charge in [-0.1, -0.05) is 0 Å². The standard InChI is InChI=1S/C20H19N3O2S/c1-11-7-14-16(8-12(11)2)22-19-20(25,18(14)24)5-6-23(19)13-3-4-15-17(9-13)26-10-21-15/h3-4,7-10,21,25-26H,5-6H2,1-2H3/t20-/m1/s1. The Kier molecular flexibility index (Phi) is 3.21. The Morgan fingerprint density at radius 3 is 2.88 bits per heavy atom. The zero-order valence-electron chi connectivity index (χ0n) is 14.6. The van der Waals surface area contributed by atoms with Crippen molar-refractivity contribution in [3.05, 3.63) is 47.0 Å². The normalized spacial score (nSPS) is 23.0. The molecule has 1 fully saturated rings. The van der Waals surface area contributed by atoms with Crippen molar-refractivity contribution in [2.75, 3.05) is 16.8 Å². The number of hydrogen-bond donors (Lipinski definition) is 3. The summed E-state index contributed by atoms with van der Waals surface area (Å²) < 4.78 is 0. The number of carbonyl (C=O) groups excluding carboxylic acids is 1. The molecule has 2 aromatic rings. The van der Waals surface area contributed by atoms with Crippen LogP contribution in [0.2, 0.25) is 0 Å². The van der Waals surface area contributed by atoms with E-state index in [0.29, 0.717) is 30.1 Å². The third-order valence-electron chi connectivity index (χ3n) is 5.50. The molecule has 1 atom stereocenters. The van der Waals surface area contributed by atoms with Crippen LogP contribution in [0.3, 0.4) is 0 Å². The van der Waals surface area contributed by atoms with Crippen molar-refractivity contribution in [3.63, 3.8) is 0 Å². The fourth-order valence-corrected chi connectivity index (χ4v) is 4.66. The molecule has 0 spiro atoms. The highest BCUT2D eigenvalue weighted by Gasteiger charge is 2.52. The molecule has 5 nitrogen and oxygen atoms in total. The molecule has 3 aliphatic heterocycles. The summed E-state index contributed by atoms with van der Waals surface area (Å²) in [5, 5.41) is 14.4. The molecule has 2 aromatic carbocycles. The largest absolute Gasteiger partial charge is 0.374 e. The van der Waals surface area contributed by atoms with E-state index in [1.54, 1.807) is 0 Å². The second kappa shape index (κ2) is 5.28. The van der Waals surface area contributed by atoms with E-state index in [0.717, 1.165) is 33.9 Å². The second-order valence-electron chi connectivity index (χ2n) is 7.08. The third-order valence-corrected chi connectivity index (χ3v) is 6.40. The van der Waals surface area contributed by atoms with Crippen LogP contribution in [0, 0.1) is 13.8 Å². The first-order valence-corrected chi connectivity index (χ1v) is 9.62. The minimum Gasteiger partial charge on any atom is -0.374 e. The molecular weight excluding hydrogens is 346 g/mol. The molecule has 2 N–H and O–H groups in total. The molecule has 132 valence electrons. The highest BCUT2D eigenvalue weighted by Crippen LogP contribution is 2.41. The first-order chi connectivity index (χ1) is 12.5. The van der Waals surface area contributed by atoms with E-state index in [4.69, 9.17) is 4.99 Å². The number of ketones is 1. The van der Waals surface area contributed by atoms with Gasteiger partial charge in [0.15, 0.2) is 5.60 Å². The second-order valence-corrected chi connectivity index (χ2v) is 8.08. The molecule has 3 heterocycles. The number of thiol groups is 1. The number of benzene rings is 2. The maximum absolute atomic E-state index is 13.1. The Bertz CT molecular complexity index is 1040. The minimum absolute atomic E-state index is 0.239. The highest BCUT2D eigenvalue weighted by atomic mass is 32.1. The van der Waals surface area contributed by atoms with Gasteiger partial charge < -0.3 is 15.3 Å². The lowest BCUT2D eigenvalue weighted by molar-refractivity contribution is 0.0602. The van der Waals surface area contributed by atoms with Gasteiger partial charge >= 0.3 is 0 Å². The zero-order valence-corrected chi connectivity index (χ0v) is 15.5. The summed E-state index contributed by atoms with van der Waals surface area (Å²) in [4.78, 5) is 21.0. The molecule has 1 saturated heterocycles. The van der Waals surface area contributed by atoms with Crippen molar-refractivity contribution in [1.82, 2.24) is 0 Å². The van der Waals surface area contributed by atoms with E-state index in [1.807, 2.05) is 48.5 Å². The van der Waals surface area contributed by atoms with Gasteiger partial charge in [-0.05, 0) is 55.3 Å². The lowest BCUT2D eigenvalue weighted by Gasteiger charge is -2.30. The van der Waals surface area contributed by atoms with Crippen LogP contribution in [-0.2, 0) is 0 Å². The van der Waals surface area contributed by atoms with Gasteiger partial charge in [-0.25, -0.2) is 4.99 Å². The van der Waals surface area contributed by atoms with E-state index in [-0.39, 0.29) is 5.78 Å². The molecular formula is C20H19N3O2S. The van der Waals surface area contributed by atoms with Crippen molar-refractivity contribution >= 4 is 45.5 Å². The number of hydrogen-bond acceptors (Lipinski definition) is 5. The van der Waals surface area contributed by atoms with Crippen molar-refractivity contribution < 1.29 is 9.90 Å². The number of anilines is 2. The zero-order chi connectivity index (χ0) is 18.1. The number of amidine groups is 1. The van der Waals surface area contributed by atoms with E-state index in [2.05, 4.69) is 11.4 Å². The summed E-state index contributed by atoms with van der Waals surface area (Å²) in [7, 11) is 0. The number of aliphatic imine (C=N–C) groups is 1. The number of aryl methyl sites for hydroxylation is 2. The molecule has 0 aliphatic carbocycles. The molecule has 3 aliphatic rings. The Labute approximate surface area is 155 Å². The van der Waals surface area contributed by atoms with E-state index in [1.165, 1.54) is 4.90 Å². The summed E-state index contributed by atoms with van der Waals surface area (Å²) in [5.41, 5.74) is 5.83. The van der Waals surface area contributed by atoms with Gasteiger partial charge in [0.2, 0.25) is 5.78 Å². The number of fused-ring (bicyclic) bond motifs is 3. The van der Waals surface area contributed by atoms with Gasteiger partial charge in [-0.2, -0.15) is 11.4 Å². The predicted octanol–water partition coefficient (Wildman–Crippen LogP) is 3.18. The Balaban J connectivity index is 1.65. The van der Waals surface area contributed by atoms with Gasteiger partial charge in [0.25, 0.3) is 0 Å². The van der Waals surface area contributed by atoms with Crippen LogP contribution in [0.25, 0.3) is 0 Å². The van der Waals surface area contributed by atoms with Crippen molar-refractivity contribution in [3.8, 4) is 0 Å². The molecule has 5 rings (SSSR count). The summed E-state index contributed by atoms with van der Waals surface area (Å²) in [6.45, 7) is 4.55. The van der Waals surface area contributed by atoms with Crippen LogP contribution in [0.1, 0.15) is 27.9 Å². The fourth-order valence-electron chi connectivity index (χ4n) is 3.83. The van der Waals surface area contributed by atoms with Crippen molar-refractivity contribution in [2.24, 2.45) is 4.99 Å². The number of aliphatic hydroxyl groups is 1. The average Bonchev–Trinajstić information content (AvgIpc) is 3.22. The number of nitrogens with one attached hydrogen (secondary N) is 1. The van der Waals surface area contributed by atoms with Gasteiger partial charge in [0.05, 0.1) is 11.4 Å². The van der Waals surface area contributed by atoms with Crippen LogP contribution in [0.15, 0.2) is 40.2 Å². The molecule has 6 heteroatoms. The first kappa shape index (κ1) is 15.8. The molecule has 0 saturated carbocycles. The summed E-state index contributed by atoms with van der Waals surface area (Å²) in [6.07, 6.45) is 0.357. The van der Waals surface area contributed by atoms with E-state index < -0.39 is 5.60 Å². The maximum Gasteiger partial charge on any atom is 0.204 e. The number of Topliss-reactive ketones (excluding diaryl/α,β-unsaturated/α-hetero) is 1. The SMILES string of the molecule is Cc1cc2c(cc1C)C(=O)[C@]1(O)CCN(c3ccc4c(c3)[SH]=CN4)C1=N2. The van der Waals surface area contributed by atoms with Gasteiger partial charge in [0, 0.05) is 34.6 Å². The number of nitrogens with zero attached hydrogens (tertiary/aromatic N) is 2. The Morgan fingerprint density at radius 1 is 1.23 bits per heavy atom. The summed E-state index contributed by atoms with van der Waals surface area (Å²) >= 11 is 1.12. The van der Waals surface area contributed by atoms with Crippen LogP contribution < -0.4 is 10.2 Å². The topological polar surface area (TPSA) is 64.9 Å². The Hall–Kier alpha value is -2.44. The predicted molar refractivity (Wildman–Crippen MR) is 108 cm³/mol. The quantitative estimate of drug-likeness (QED) is 0.536. The molecule has 26 heavy (non-hydrogen) atoms. The van der Waals surface area contributed by atoms with E-state index >= 15 is 0 Å². The van der Waals surface area contributed by atoms with Crippen LogP contribution in [0.5, 0.6) is 0 Å². The molecule has 0 radical (unpaired) electrons. The van der Waals surface area contributed by atoms with Crippen LogP contribution in [0.4, 0.5) is 17.1 Å². The first-order valence-electron chi connectivity index (χ1n) is 8.66. The van der Waals surface area contributed by atoms with Crippen LogP contribution >= 0.6 is 11.4 Å². The summed E-state index contributed by atoms with van der Waals surface area (Å²) in [6, 6.07) is 9.93. The summed E-state index contributed by atoms with van der Waals surface area (Å²) in [5.74, 6) is 0.210. The van der Waals surface area contributed by atoms with Gasteiger partial charge in [0.1, 0.15) is 5.84 Å². The average molecular weight is 365 g/mol. The van der Waals surface area contributed by atoms with Gasteiger partial charge in [-0.15, -0.1) is 0 Å². The maximum atomic E-state index is 13.1. The van der Waals surface area contributed by atoms with Gasteiger partial charge in [-0.3, -0.25) is 4.79 Å². The third kappa shape index (κ3) is 2.06. The highest BCUT2D eigenvalue weighted by molar-refractivity contribution is 7.98. The monoisotopic (exact) mass is 365 g/mol. The lowest BCUT2D eigenvalue weighted by atomic mass is 9.86. The Morgan fingerprint density at radius 2 is 2.04 bits per heavy atom. The lowest BCUT2D eigenvalue weighted by Crippen LogP contribution is -2.48. The number of rotatable bonds is 1. The molecule has 0 bridgehead atoms. The van der Waals surface area contributed by atoms with Crippen LogP contribution in [-0.4, -0.2) is 34.4 Å². The van der Waals surface area contributed by atoms with E-state index in [9.17, 15) is 9.90 Å². The van der Waals surface area contributed by atoms with Crippen molar-refractivity contribution in [2.45, 2.75) is 30.8 Å². The molecule has 0 unspecified atom stereocenters. The fraction of sp³-hybridized carbons (Fsp3) is 0.250. The minimum atomic E-state index is -1.53. The molecule has 0 amide bonds. The number of carbonyl (C=O) groups is 1. The smallest absolute Gasteiger partial charge is 0.204 e.